The van der Waals surface area contributed by atoms with Gasteiger partial charge in [0.05, 0.1) is 6.20 Å². The summed E-state index contributed by atoms with van der Waals surface area (Å²) in [7, 11) is 0. The normalized spacial score (nSPS) is 11.9. The molecule has 0 saturated heterocycles. The molecule has 5 rings (SSSR count). The molecule has 0 atom stereocenters. The van der Waals surface area contributed by atoms with Crippen LogP contribution in [0, 0.1) is 0 Å². The van der Waals surface area contributed by atoms with Gasteiger partial charge in [0.25, 0.3) is 5.91 Å². The number of aryl methyl sites for hydroxylation is 2. The number of amides is 2. The van der Waals surface area contributed by atoms with Gasteiger partial charge in [0.2, 0.25) is 18.1 Å². The number of halogens is 4. The largest absolute Gasteiger partial charge is 0.446 e. The Morgan fingerprint density at radius 3 is 2.36 bits per heavy atom. The van der Waals surface area contributed by atoms with Crippen LogP contribution in [0.3, 0.4) is 0 Å². The number of rotatable bonds is 3. The Kier molecular flexibility index (Phi) is 9.38. The zero-order valence-corrected chi connectivity index (χ0v) is 22.8. The van der Waals surface area contributed by atoms with E-state index in [1.807, 2.05) is 30.3 Å². The van der Waals surface area contributed by atoms with E-state index in [2.05, 4.69) is 43.4 Å². The maximum atomic E-state index is 13.0. The fourth-order valence-electron chi connectivity index (χ4n) is 3.97. The quantitative estimate of drug-likeness (QED) is 0.195. The zero-order valence-electron chi connectivity index (χ0n) is 22.1. The van der Waals surface area contributed by atoms with Gasteiger partial charge in [0.15, 0.2) is 5.82 Å². The van der Waals surface area contributed by atoms with Gasteiger partial charge in [0.1, 0.15) is 5.02 Å². The lowest BCUT2D eigenvalue weighted by Gasteiger charge is -2.15. The van der Waals surface area contributed by atoms with Crippen molar-refractivity contribution in [2.75, 3.05) is 21.3 Å². The van der Waals surface area contributed by atoms with Crippen molar-refractivity contribution in [2.45, 2.75) is 25.9 Å². The Balaban J connectivity index is 0.000000612. The second-order valence-electron chi connectivity index (χ2n) is 9.08. The SMILES string of the molecule is CC(=O)Nc1ccc(C(=O)Nc2ccc3cc2CCc2cccc(c2)Nc2ncc(Cl)c(n2)N3)cc1.O=CC(F)(F)F. The third-order valence-corrected chi connectivity index (χ3v) is 6.10. The van der Waals surface area contributed by atoms with E-state index < -0.39 is 12.5 Å². The first kappa shape index (κ1) is 30.0. The minimum atomic E-state index is -4.64. The molecule has 0 saturated carbocycles. The van der Waals surface area contributed by atoms with Crippen LogP contribution in [0.25, 0.3) is 0 Å². The summed E-state index contributed by atoms with van der Waals surface area (Å²) < 4.78 is 31.2. The molecule has 0 unspecified atom stereocenters. The maximum absolute atomic E-state index is 13.0. The van der Waals surface area contributed by atoms with Crippen LogP contribution >= 0.6 is 11.6 Å². The Morgan fingerprint density at radius 1 is 0.952 bits per heavy atom. The molecule has 216 valence electrons. The second-order valence-corrected chi connectivity index (χ2v) is 9.49. The van der Waals surface area contributed by atoms with Crippen LogP contribution in [0.1, 0.15) is 28.4 Å². The lowest BCUT2D eigenvalue weighted by atomic mass is 10.0. The van der Waals surface area contributed by atoms with Crippen molar-refractivity contribution < 1.29 is 27.6 Å². The molecule has 4 aromatic rings. The summed E-state index contributed by atoms with van der Waals surface area (Å²) in [6.45, 7) is 1.44. The average Bonchev–Trinajstić information content (AvgIpc) is 2.95. The highest BCUT2D eigenvalue weighted by atomic mass is 35.5. The second kappa shape index (κ2) is 13.1. The van der Waals surface area contributed by atoms with E-state index in [0.29, 0.717) is 34.5 Å². The summed E-state index contributed by atoms with van der Waals surface area (Å²) in [4.78, 5) is 41.7. The summed E-state index contributed by atoms with van der Waals surface area (Å²) in [5.74, 6) is 0.513. The Bertz CT molecular complexity index is 1610. The van der Waals surface area contributed by atoms with Crippen LogP contribution in [0.2, 0.25) is 5.02 Å². The van der Waals surface area contributed by atoms with Crippen molar-refractivity contribution in [1.29, 1.82) is 0 Å². The van der Waals surface area contributed by atoms with E-state index in [-0.39, 0.29) is 11.8 Å². The fraction of sp³-hybridized carbons (Fsp3) is 0.138. The van der Waals surface area contributed by atoms with Crippen molar-refractivity contribution in [2.24, 2.45) is 0 Å². The predicted molar refractivity (Wildman–Crippen MR) is 155 cm³/mol. The molecule has 9 nitrogen and oxygen atoms in total. The number of carbonyl (C=O) groups excluding carboxylic acids is 3. The number of nitrogens with one attached hydrogen (secondary N) is 4. The van der Waals surface area contributed by atoms with E-state index in [1.54, 1.807) is 30.5 Å². The molecule has 1 aliphatic rings. The molecule has 4 N–H and O–H groups in total. The lowest BCUT2D eigenvalue weighted by molar-refractivity contribution is -0.156. The van der Waals surface area contributed by atoms with Gasteiger partial charge in [-0.2, -0.15) is 18.2 Å². The molecule has 0 radical (unpaired) electrons. The fourth-order valence-corrected chi connectivity index (χ4v) is 4.11. The van der Waals surface area contributed by atoms with Gasteiger partial charge in [0, 0.05) is 35.2 Å². The molecule has 6 bridgehead atoms. The van der Waals surface area contributed by atoms with Crippen molar-refractivity contribution in [3.63, 3.8) is 0 Å². The van der Waals surface area contributed by atoms with Crippen LogP contribution in [0.15, 0.2) is 72.9 Å². The molecule has 3 aromatic carbocycles. The van der Waals surface area contributed by atoms with Gasteiger partial charge in [-0.25, -0.2) is 4.98 Å². The number of carbonyl (C=O) groups is 3. The van der Waals surface area contributed by atoms with E-state index in [9.17, 15) is 22.8 Å². The number of nitrogens with zero attached hydrogens (tertiary/aromatic N) is 2. The van der Waals surface area contributed by atoms with E-state index in [1.165, 1.54) is 6.92 Å². The lowest BCUT2D eigenvalue weighted by Crippen LogP contribution is -2.14. The summed E-state index contributed by atoms with van der Waals surface area (Å²) in [6.07, 6.45) is -2.68. The number of aldehydes is 1. The number of aromatic nitrogens is 2. The highest BCUT2D eigenvalue weighted by Gasteiger charge is 2.25. The van der Waals surface area contributed by atoms with Crippen LogP contribution in [-0.2, 0) is 22.4 Å². The summed E-state index contributed by atoms with van der Waals surface area (Å²) >= 11 is 6.34. The van der Waals surface area contributed by atoms with E-state index >= 15 is 0 Å². The first-order valence-corrected chi connectivity index (χ1v) is 12.9. The standard InChI is InChI=1S/C27H23ClN6O2.C2HF3O/c1-16(35)30-20-9-7-18(8-10-20)26(36)33-24-12-11-22-14-19(24)6-5-17-3-2-4-21(13-17)32-27-29-15-23(28)25(31-22)34-27;3-2(4,5)1-6/h2-4,7-15H,5-6H2,1H3,(H,30,35)(H,33,36)(H2,29,31,32,34);1H. The van der Waals surface area contributed by atoms with Crippen molar-refractivity contribution in [3.8, 4) is 0 Å². The third kappa shape index (κ3) is 8.51. The Labute approximate surface area is 243 Å². The van der Waals surface area contributed by atoms with Crippen LogP contribution in [0.5, 0.6) is 0 Å². The molecule has 42 heavy (non-hydrogen) atoms. The van der Waals surface area contributed by atoms with Crippen molar-refractivity contribution >= 4 is 64.2 Å². The van der Waals surface area contributed by atoms with Gasteiger partial charge in [-0.15, -0.1) is 0 Å². The zero-order chi connectivity index (χ0) is 30.3. The molecule has 0 spiro atoms. The minimum absolute atomic E-state index is 0.165. The van der Waals surface area contributed by atoms with Crippen LogP contribution < -0.4 is 21.3 Å². The van der Waals surface area contributed by atoms with Gasteiger partial charge in [-0.3, -0.25) is 14.4 Å². The third-order valence-electron chi connectivity index (χ3n) is 5.83. The first-order chi connectivity index (χ1) is 20.0. The van der Waals surface area contributed by atoms with Crippen molar-refractivity contribution in [3.05, 3.63) is 94.6 Å². The molecular formula is C29H24ClF3N6O3. The highest BCUT2D eigenvalue weighted by molar-refractivity contribution is 6.32. The molecule has 1 aromatic heterocycles. The topological polar surface area (TPSA) is 125 Å². The molecular weight excluding hydrogens is 573 g/mol. The summed E-state index contributed by atoms with van der Waals surface area (Å²) in [6, 6.07) is 20.5. The average molecular weight is 597 g/mol. The minimum Gasteiger partial charge on any atom is -0.339 e. The predicted octanol–water partition coefficient (Wildman–Crippen LogP) is 6.67. The summed E-state index contributed by atoms with van der Waals surface area (Å²) in [5, 5.41) is 12.6. The monoisotopic (exact) mass is 596 g/mol. The molecule has 2 heterocycles. The van der Waals surface area contributed by atoms with Crippen LogP contribution in [-0.4, -0.2) is 34.2 Å². The first-order valence-electron chi connectivity index (χ1n) is 12.5. The number of anilines is 6. The van der Waals surface area contributed by atoms with Crippen molar-refractivity contribution in [1.82, 2.24) is 9.97 Å². The van der Waals surface area contributed by atoms with E-state index in [4.69, 9.17) is 16.4 Å². The number of hydrogen-bond donors (Lipinski definition) is 4. The molecule has 0 aliphatic carbocycles. The smallest absolute Gasteiger partial charge is 0.339 e. The number of benzene rings is 3. The summed E-state index contributed by atoms with van der Waals surface area (Å²) in [5.41, 5.74) is 5.61. The van der Waals surface area contributed by atoms with Gasteiger partial charge < -0.3 is 21.3 Å². The molecule has 0 fully saturated rings. The van der Waals surface area contributed by atoms with Gasteiger partial charge in [-0.05, 0) is 78.6 Å². The van der Waals surface area contributed by atoms with Gasteiger partial charge in [-0.1, -0.05) is 23.7 Å². The Morgan fingerprint density at radius 2 is 1.67 bits per heavy atom. The number of fused-ring (bicyclic) bond motifs is 6. The van der Waals surface area contributed by atoms with Crippen LogP contribution in [0.4, 0.5) is 47.7 Å². The highest BCUT2D eigenvalue weighted by Crippen LogP contribution is 2.29. The number of hydrogen-bond acceptors (Lipinski definition) is 7. The molecule has 13 heteroatoms. The Hall–Kier alpha value is -4.97. The molecule has 1 aliphatic heterocycles. The molecule has 2 amide bonds. The van der Waals surface area contributed by atoms with E-state index in [0.717, 1.165) is 34.6 Å². The number of alkyl halides is 3. The van der Waals surface area contributed by atoms with Gasteiger partial charge >= 0.3 is 6.18 Å². The maximum Gasteiger partial charge on any atom is 0.446 e.